The first-order valence-corrected chi connectivity index (χ1v) is 7.20. The average Bonchev–Trinajstić information content (AvgIpc) is 2.75. The summed E-state index contributed by atoms with van der Waals surface area (Å²) >= 11 is 1.71. The van der Waals surface area contributed by atoms with Crippen molar-refractivity contribution >= 4 is 22.8 Å². The highest BCUT2D eigenvalue weighted by atomic mass is 32.2. The van der Waals surface area contributed by atoms with Gasteiger partial charge in [0.25, 0.3) is 0 Å². The predicted molar refractivity (Wildman–Crippen MR) is 72.8 cm³/mol. The van der Waals surface area contributed by atoms with Crippen LogP contribution in [0.2, 0.25) is 0 Å². The number of nitrogens with zero attached hydrogens (tertiary/aromatic N) is 1. The number of allylic oxidation sites excluding steroid dienone is 1. The van der Waals surface area contributed by atoms with Gasteiger partial charge in [0, 0.05) is 6.92 Å². The molecule has 0 amide bonds. The van der Waals surface area contributed by atoms with E-state index in [1.807, 2.05) is 6.08 Å². The fourth-order valence-corrected chi connectivity index (χ4v) is 3.37. The lowest BCUT2D eigenvalue weighted by molar-refractivity contribution is -0.147. The summed E-state index contributed by atoms with van der Waals surface area (Å²) in [6.45, 7) is 5.51. The molecule has 0 N–H and O–H groups in total. The van der Waals surface area contributed by atoms with Gasteiger partial charge in [0.1, 0.15) is 12.0 Å². The first kappa shape index (κ1) is 13.6. The molecule has 0 bridgehead atoms. The number of ether oxygens (including phenoxy) is 2. The van der Waals surface area contributed by atoms with E-state index in [1.54, 1.807) is 11.8 Å². The van der Waals surface area contributed by atoms with E-state index < -0.39 is 0 Å². The van der Waals surface area contributed by atoms with Crippen LogP contribution in [0, 0.1) is 0 Å². The van der Waals surface area contributed by atoms with E-state index in [2.05, 4.69) is 11.6 Å². The Labute approximate surface area is 112 Å². The Hall–Kier alpha value is -0.810. The Morgan fingerprint density at radius 2 is 2.50 bits per heavy atom. The molecule has 3 atom stereocenters. The molecular weight excluding hydrogens is 250 g/mol. The van der Waals surface area contributed by atoms with E-state index in [0.29, 0.717) is 6.61 Å². The highest BCUT2D eigenvalue weighted by molar-refractivity contribution is 8.14. The van der Waals surface area contributed by atoms with Crippen LogP contribution in [0.25, 0.3) is 0 Å². The van der Waals surface area contributed by atoms with Gasteiger partial charge in [-0.15, -0.1) is 6.58 Å². The molecule has 18 heavy (non-hydrogen) atoms. The van der Waals surface area contributed by atoms with E-state index in [9.17, 15) is 4.79 Å². The van der Waals surface area contributed by atoms with E-state index in [4.69, 9.17) is 9.47 Å². The summed E-state index contributed by atoms with van der Waals surface area (Å²) in [6.07, 6.45) is 5.78. The molecule has 4 nitrogen and oxygen atoms in total. The van der Waals surface area contributed by atoms with Crippen molar-refractivity contribution in [3.05, 3.63) is 12.7 Å². The number of aliphatic imine (C=N–C) groups is 1. The Morgan fingerprint density at radius 1 is 1.67 bits per heavy atom. The largest absolute Gasteiger partial charge is 0.463 e. The lowest BCUT2D eigenvalue weighted by Crippen LogP contribution is -2.36. The molecule has 0 saturated carbocycles. The minimum Gasteiger partial charge on any atom is -0.463 e. The zero-order valence-electron chi connectivity index (χ0n) is 10.6. The molecule has 3 unspecified atom stereocenters. The van der Waals surface area contributed by atoms with Crippen LogP contribution in [0.15, 0.2) is 17.6 Å². The summed E-state index contributed by atoms with van der Waals surface area (Å²) in [7, 11) is 0. The smallest absolute Gasteiger partial charge is 0.302 e. The van der Waals surface area contributed by atoms with Crippen LogP contribution < -0.4 is 0 Å². The standard InChI is InChI=1S/C13H19NO3S/c1-3-4-5-12-14-11-7-6-10(8-16-9(2)15)17-13(11)18-12/h3,10-11,13H,1,4-8H2,2H3. The van der Waals surface area contributed by atoms with Crippen molar-refractivity contribution in [1.82, 2.24) is 0 Å². The molecule has 2 rings (SSSR count). The van der Waals surface area contributed by atoms with E-state index in [0.717, 1.165) is 30.7 Å². The van der Waals surface area contributed by atoms with Gasteiger partial charge in [0.15, 0.2) is 0 Å². The maximum absolute atomic E-state index is 10.8. The van der Waals surface area contributed by atoms with Gasteiger partial charge in [0.2, 0.25) is 0 Å². The Kier molecular flexibility index (Phi) is 4.83. The molecule has 2 aliphatic rings. The summed E-state index contributed by atoms with van der Waals surface area (Å²) in [5, 5.41) is 1.16. The van der Waals surface area contributed by atoms with Crippen molar-refractivity contribution < 1.29 is 14.3 Å². The van der Waals surface area contributed by atoms with Crippen LogP contribution in [-0.4, -0.2) is 35.2 Å². The molecule has 0 radical (unpaired) electrons. The van der Waals surface area contributed by atoms with Crippen molar-refractivity contribution in [3.8, 4) is 0 Å². The normalized spacial score (nSPS) is 30.5. The van der Waals surface area contributed by atoms with Gasteiger partial charge >= 0.3 is 5.97 Å². The van der Waals surface area contributed by atoms with Gasteiger partial charge < -0.3 is 9.47 Å². The molecule has 1 saturated heterocycles. The van der Waals surface area contributed by atoms with Gasteiger partial charge in [-0.05, 0) is 25.7 Å². The maximum Gasteiger partial charge on any atom is 0.302 e. The second kappa shape index (κ2) is 6.38. The molecule has 1 fully saturated rings. The molecular formula is C13H19NO3S. The highest BCUT2D eigenvalue weighted by Crippen LogP contribution is 2.37. The lowest BCUT2D eigenvalue weighted by atomic mass is 10.1. The summed E-state index contributed by atoms with van der Waals surface area (Å²) in [5.74, 6) is -0.247. The monoisotopic (exact) mass is 269 g/mol. The first-order valence-electron chi connectivity index (χ1n) is 6.32. The van der Waals surface area contributed by atoms with Crippen molar-refractivity contribution in [2.75, 3.05) is 6.61 Å². The van der Waals surface area contributed by atoms with E-state index in [1.165, 1.54) is 6.92 Å². The third-order valence-corrected chi connectivity index (χ3v) is 4.26. The van der Waals surface area contributed by atoms with Gasteiger partial charge in [-0.3, -0.25) is 9.79 Å². The number of carbonyl (C=O) groups is 1. The lowest BCUT2D eigenvalue weighted by Gasteiger charge is -2.30. The Bertz CT molecular complexity index is 356. The molecule has 0 aromatic heterocycles. The van der Waals surface area contributed by atoms with E-state index in [-0.39, 0.29) is 23.6 Å². The first-order chi connectivity index (χ1) is 8.69. The third-order valence-electron chi connectivity index (χ3n) is 3.02. The third kappa shape index (κ3) is 3.59. The number of thioether (sulfide) groups is 1. The minimum atomic E-state index is -0.247. The van der Waals surface area contributed by atoms with Crippen LogP contribution in [0.1, 0.15) is 32.6 Å². The number of hydrogen-bond acceptors (Lipinski definition) is 5. The Morgan fingerprint density at radius 3 is 3.22 bits per heavy atom. The molecule has 100 valence electrons. The molecule has 2 aliphatic heterocycles. The molecule has 0 aliphatic carbocycles. The number of carbonyl (C=O) groups excluding carboxylic acids is 1. The van der Waals surface area contributed by atoms with Crippen LogP contribution >= 0.6 is 11.8 Å². The summed E-state index contributed by atoms with van der Waals surface area (Å²) in [4.78, 5) is 15.4. The van der Waals surface area contributed by atoms with Crippen molar-refractivity contribution in [3.63, 3.8) is 0 Å². The van der Waals surface area contributed by atoms with Crippen molar-refractivity contribution in [2.45, 2.75) is 50.2 Å². The summed E-state index contributed by atoms with van der Waals surface area (Å²) in [5.41, 5.74) is 0.110. The minimum absolute atomic E-state index is 0.0246. The topological polar surface area (TPSA) is 47.9 Å². The average molecular weight is 269 g/mol. The molecule has 0 aromatic rings. The zero-order chi connectivity index (χ0) is 13.0. The predicted octanol–water partition coefficient (Wildman–Crippen LogP) is 2.53. The van der Waals surface area contributed by atoms with Crippen LogP contribution in [0.4, 0.5) is 0 Å². The number of esters is 1. The summed E-state index contributed by atoms with van der Waals surface area (Å²) in [6, 6.07) is 0.281. The van der Waals surface area contributed by atoms with E-state index >= 15 is 0 Å². The summed E-state index contributed by atoms with van der Waals surface area (Å²) < 4.78 is 10.9. The van der Waals surface area contributed by atoms with Crippen LogP contribution in [-0.2, 0) is 14.3 Å². The van der Waals surface area contributed by atoms with Gasteiger partial charge in [-0.1, -0.05) is 17.8 Å². The van der Waals surface area contributed by atoms with Gasteiger partial charge in [0.05, 0.1) is 17.2 Å². The number of hydrogen-bond donors (Lipinski definition) is 0. The van der Waals surface area contributed by atoms with Gasteiger partial charge in [-0.25, -0.2) is 0 Å². The van der Waals surface area contributed by atoms with Gasteiger partial charge in [-0.2, -0.15) is 0 Å². The molecule has 2 heterocycles. The number of fused-ring (bicyclic) bond motifs is 1. The molecule has 0 aromatic carbocycles. The van der Waals surface area contributed by atoms with Crippen LogP contribution in [0.3, 0.4) is 0 Å². The van der Waals surface area contributed by atoms with Crippen LogP contribution in [0.5, 0.6) is 0 Å². The fraction of sp³-hybridized carbons (Fsp3) is 0.692. The SMILES string of the molecule is C=CCCC1=NC2CCC(COC(C)=O)OC2S1. The number of rotatable bonds is 5. The highest BCUT2D eigenvalue weighted by Gasteiger charge is 2.36. The quantitative estimate of drug-likeness (QED) is 0.568. The molecule has 5 heteroatoms. The maximum atomic E-state index is 10.8. The Balaban J connectivity index is 1.79. The van der Waals surface area contributed by atoms with Crippen molar-refractivity contribution in [1.29, 1.82) is 0 Å². The zero-order valence-corrected chi connectivity index (χ0v) is 11.4. The van der Waals surface area contributed by atoms with Crippen molar-refractivity contribution in [2.24, 2.45) is 4.99 Å². The second-order valence-electron chi connectivity index (χ2n) is 4.54. The second-order valence-corrected chi connectivity index (χ2v) is 5.71. The fourth-order valence-electron chi connectivity index (χ4n) is 2.10. The molecule has 0 spiro atoms.